The molecule has 22 heavy (non-hydrogen) atoms. The van der Waals surface area contributed by atoms with Crippen molar-refractivity contribution in [1.82, 2.24) is 10.2 Å². The van der Waals surface area contributed by atoms with Crippen molar-refractivity contribution in [3.8, 4) is 0 Å². The molecule has 0 bridgehead atoms. The molecule has 1 aliphatic heterocycles. The molecule has 0 unspecified atom stereocenters. The van der Waals surface area contributed by atoms with E-state index in [9.17, 15) is 9.59 Å². The molecule has 5 nitrogen and oxygen atoms in total. The Hall–Kier alpha value is -1.88. The number of rotatable bonds is 4. The number of hydrogen-bond acceptors (Lipinski definition) is 3. The maximum Gasteiger partial charge on any atom is 0.313 e. The number of carbonyl (C=O) groups is 2. The number of nitrogens with zero attached hydrogens (tertiary/aromatic N) is 1. The van der Waals surface area contributed by atoms with Crippen LogP contribution in [0.25, 0.3) is 0 Å². The molecule has 2 amide bonds. The van der Waals surface area contributed by atoms with Crippen LogP contribution in [0.4, 0.5) is 5.69 Å². The van der Waals surface area contributed by atoms with Crippen molar-refractivity contribution < 1.29 is 9.59 Å². The number of likely N-dealkylation sites (tertiary alicyclic amines) is 1. The standard InChI is InChI=1S/C17H25N3O2/c1-4-20-9-5-6-15(20)11-18-16(21)17(22)19-14-8-7-12(2)13(3)10-14/h7-8,10,15H,4-6,9,11H2,1-3H3,(H,18,21)(H,19,22)/t15-/m1/s1. The Balaban J connectivity index is 1.84. The quantitative estimate of drug-likeness (QED) is 0.834. The molecule has 1 aliphatic rings. The largest absolute Gasteiger partial charge is 0.346 e. The number of hydrogen-bond donors (Lipinski definition) is 2. The highest BCUT2D eigenvalue weighted by molar-refractivity contribution is 6.39. The first-order chi connectivity index (χ1) is 10.5. The van der Waals surface area contributed by atoms with Gasteiger partial charge in [-0.3, -0.25) is 14.5 Å². The summed E-state index contributed by atoms with van der Waals surface area (Å²) in [5.74, 6) is -1.18. The molecular formula is C17H25N3O2. The summed E-state index contributed by atoms with van der Waals surface area (Å²) in [4.78, 5) is 26.2. The van der Waals surface area contributed by atoms with Gasteiger partial charge in [-0.25, -0.2) is 0 Å². The molecule has 1 aromatic rings. The van der Waals surface area contributed by atoms with Crippen LogP contribution in [0, 0.1) is 13.8 Å². The van der Waals surface area contributed by atoms with Gasteiger partial charge in [0.2, 0.25) is 0 Å². The molecule has 0 spiro atoms. The molecule has 120 valence electrons. The SMILES string of the molecule is CCN1CCC[C@@H]1CNC(=O)C(=O)Nc1ccc(C)c(C)c1. The molecule has 0 aromatic heterocycles. The summed E-state index contributed by atoms with van der Waals surface area (Å²) in [6.07, 6.45) is 2.23. The van der Waals surface area contributed by atoms with Crippen LogP contribution in [-0.2, 0) is 9.59 Å². The van der Waals surface area contributed by atoms with Crippen LogP contribution in [0.3, 0.4) is 0 Å². The summed E-state index contributed by atoms with van der Waals surface area (Å²) in [5.41, 5.74) is 2.89. The van der Waals surface area contributed by atoms with Crippen LogP contribution in [0.15, 0.2) is 18.2 Å². The lowest BCUT2D eigenvalue weighted by atomic mass is 10.1. The minimum atomic E-state index is -0.607. The Kier molecular flexibility index (Phi) is 5.55. The molecule has 1 aromatic carbocycles. The number of amides is 2. The van der Waals surface area contributed by atoms with E-state index < -0.39 is 11.8 Å². The monoisotopic (exact) mass is 303 g/mol. The Morgan fingerprint density at radius 2 is 2.00 bits per heavy atom. The molecular weight excluding hydrogens is 278 g/mol. The fourth-order valence-corrected chi connectivity index (χ4v) is 2.84. The van der Waals surface area contributed by atoms with Gasteiger partial charge in [0, 0.05) is 18.3 Å². The summed E-state index contributed by atoms with van der Waals surface area (Å²) in [5, 5.41) is 5.39. The Labute approximate surface area is 132 Å². The molecule has 0 radical (unpaired) electrons. The van der Waals surface area contributed by atoms with Crippen molar-refractivity contribution in [2.45, 2.75) is 39.7 Å². The first-order valence-electron chi connectivity index (χ1n) is 7.91. The van der Waals surface area contributed by atoms with Crippen molar-refractivity contribution >= 4 is 17.5 Å². The lowest BCUT2D eigenvalue weighted by molar-refractivity contribution is -0.136. The zero-order valence-corrected chi connectivity index (χ0v) is 13.6. The van der Waals surface area contributed by atoms with Gasteiger partial charge in [0.1, 0.15) is 0 Å². The topological polar surface area (TPSA) is 61.4 Å². The molecule has 2 N–H and O–H groups in total. The molecule has 0 aliphatic carbocycles. The van der Waals surface area contributed by atoms with Crippen LogP contribution in [-0.4, -0.2) is 42.4 Å². The number of carbonyl (C=O) groups excluding carboxylic acids is 2. The van der Waals surface area contributed by atoms with E-state index in [4.69, 9.17) is 0 Å². The van der Waals surface area contributed by atoms with Crippen molar-refractivity contribution in [3.63, 3.8) is 0 Å². The van der Waals surface area contributed by atoms with E-state index in [1.165, 1.54) is 0 Å². The summed E-state index contributed by atoms with van der Waals surface area (Å²) in [6, 6.07) is 5.96. The summed E-state index contributed by atoms with van der Waals surface area (Å²) < 4.78 is 0. The molecule has 5 heteroatoms. The number of benzene rings is 1. The van der Waals surface area contributed by atoms with E-state index >= 15 is 0 Å². The summed E-state index contributed by atoms with van der Waals surface area (Å²) in [7, 11) is 0. The molecule has 1 heterocycles. The maximum atomic E-state index is 11.9. The van der Waals surface area contributed by atoms with Gasteiger partial charge in [0.05, 0.1) is 0 Å². The number of nitrogens with one attached hydrogen (secondary N) is 2. The first kappa shape index (κ1) is 16.5. The molecule has 1 atom stereocenters. The second-order valence-corrected chi connectivity index (χ2v) is 5.89. The van der Waals surface area contributed by atoms with E-state index in [2.05, 4.69) is 22.5 Å². The maximum absolute atomic E-state index is 11.9. The van der Waals surface area contributed by atoms with Crippen LogP contribution in [0.2, 0.25) is 0 Å². The van der Waals surface area contributed by atoms with E-state index in [1.54, 1.807) is 0 Å². The van der Waals surface area contributed by atoms with Gasteiger partial charge < -0.3 is 10.6 Å². The highest BCUT2D eigenvalue weighted by Crippen LogP contribution is 2.16. The van der Waals surface area contributed by atoms with Crippen molar-refractivity contribution in [2.24, 2.45) is 0 Å². The minimum Gasteiger partial charge on any atom is -0.346 e. The van der Waals surface area contributed by atoms with E-state index in [-0.39, 0.29) is 0 Å². The van der Waals surface area contributed by atoms with Crippen molar-refractivity contribution in [3.05, 3.63) is 29.3 Å². The minimum absolute atomic E-state index is 0.350. The third-order valence-corrected chi connectivity index (χ3v) is 4.37. The van der Waals surface area contributed by atoms with Gasteiger partial charge in [-0.15, -0.1) is 0 Å². The summed E-state index contributed by atoms with van der Waals surface area (Å²) in [6.45, 7) is 8.69. The zero-order valence-electron chi connectivity index (χ0n) is 13.6. The Bertz CT molecular complexity index is 557. The molecule has 0 saturated carbocycles. The normalized spacial score (nSPS) is 18.2. The van der Waals surface area contributed by atoms with Gasteiger partial charge in [-0.05, 0) is 63.0 Å². The number of anilines is 1. The summed E-state index contributed by atoms with van der Waals surface area (Å²) >= 11 is 0. The van der Waals surface area contributed by atoms with Crippen LogP contribution >= 0.6 is 0 Å². The fraction of sp³-hybridized carbons (Fsp3) is 0.529. The van der Waals surface area contributed by atoms with E-state index in [1.807, 2.05) is 32.0 Å². The predicted molar refractivity (Wildman–Crippen MR) is 87.8 cm³/mol. The van der Waals surface area contributed by atoms with Crippen LogP contribution in [0.1, 0.15) is 30.9 Å². The smallest absolute Gasteiger partial charge is 0.313 e. The lowest BCUT2D eigenvalue weighted by Gasteiger charge is -2.22. The van der Waals surface area contributed by atoms with Crippen LogP contribution < -0.4 is 10.6 Å². The molecule has 1 fully saturated rings. The number of likely N-dealkylation sites (N-methyl/N-ethyl adjacent to an activating group) is 1. The predicted octanol–water partition coefficient (Wildman–Crippen LogP) is 1.84. The van der Waals surface area contributed by atoms with E-state index in [0.29, 0.717) is 18.3 Å². The van der Waals surface area contributed by atoms with Gasteiger partial charge in [0.15, 0.2) is 0 Å². The van der Waals surface area contributed by atoms with E-state index in [0.717, 1.165) is 37.1 Å². The highest BCUT2D eigenvalue weighted by Gasteiger charge is 2.24. The lowest BCUT2D eigenvalue weighted by Crippen LogP contribution is -2.43. The van der Waals surface area contributed by atoms with Gasteiger partial charge >= 0.3 is 11.8 Å². The highest BCUT2D eigenvalue weighted by atomic mass is 16.2. The Morgan fingerprint density at radius 3 is 2.68 bits per heavy atom. The van der Waals surface area contributed by atoms with Crippen LogP contribution in [0.5, 0.6) is 0 Å². The average Bonchev–Trinajstić information content (AvgIpc) is 2.96. The second kappa shape index (κ2) is 7.40. The Morgan fingerprint density at radius 1 is 1.23 bits per heavy atom. The van der Waals surface area contributed by atoms with Gasteiger partial charge in [-0.2, -0.15) is 0 Å². The van der Waals surface area contributed by atoms with Crippen molar-refractivity contribution in [1.29, 1.82) is 0 Å². The first-order valence-corrected chi connectivity index (χ1v) is 7.91. The fourth-order valence-electron chi connectivity index (χ4n) is 2.84. The molecule has 1 saturated heterocycles. The third kappa shape index (κ3) is 4.07. The van der Waals surface area contributed by atoms with Gasteiger partial charge in [0.25, 0.3) is 0 Å². The number of aryl methyl sites for hydroxylation is 2. The second-order valence-electron chi connectivity index (χ2n) is 5.89. The molecule has 2 rings (SSSR count). The zero-order chi connectivity index (χ0) is 16.1. The van der Waals surface area contributed by atoms with Gasteiger partial charge in [-0.1, -0.05) is 13.0 Å². The average molecular weight is 303 g/mol. The van der Waals surface area contributed by atoms with Crippen molar-refractivity contribution in [2.75, 3.05) is 25.0 Å². The third-order valence-electron chi connectivity index (χ3n) is 4.37.